The van der Waals surface area contributed by atoms with Gasteiger partial charge in [-0.3, -0.25) is 4.79 Å². The van der Waals surface area contributed by atoms with E-state index in [1.54, 1.807) is 11.8 Å². The average Bonchev–Trinajstić information content (AvgIpc) is 2.48. The third-order valence-corrected chi connectivity index (χ3v) is 5.10. The van der Waals surface area contributed by atoms with Gasteiger partial charge in [0.1, 0.15) is 0 Å². The minimum Gasteiger partial charge on any atom is -0.339 e. The Balaban J connectivity index is 1.87. The van der Waals surface area contributed by atoms with Crippen molar-refractivity contribution in [1.29, 1.82) is 0 Å². The molecule has 0 atom stereocenters. The third kappa shape index (κ3) is 4.42. The normalized spacial score (nSPS) is 16.1. The molecule has 1 aliphatic rings. The molecule has 0 unspecified atom stereocenters. The van der Waals surface area contributed by atoms with E-state index in [9.17, 15) is 4.79 Å². The number of nitrogens with zero attached hydrogens (tertiary/aromatic N) is 1. The Morgan fingerprint density at radius 3 is 2.50 bits per heavy atom. The number of rotatable bonds is 5. The molecule has 20 heavy (non-hydrogen) atoms. The number of benzene rings is 1. The zero-order valence-electron chi connectivity index (χ0n) is 12.0. The van der Waals surface area contributed by atoms with Gasteiger partial charge in [0.2, 0.25) is 5.91 Å². The highest BCUT2D eigenvalue weighted by molar-refractivity contribution is 8.00. The Bertz CT molecular complexity index is 429. The molecule has 0 saturated heterocycles. The van der Waals surface area contributed by atoms with Crippen LogP contribution in [0.1, 0.15) is 39.0 Å². The lowest BCUT2D eigenvalue weighted by molar-refractivity contribution is -0.131. The molecular formula is C16H22ClNOS. The van der Waals surface area contributed by atoms with Crippen molar-refractivity contribution in [3.63, 3.8) is 0 Å². The van der Waals surface area contributed by atoms with Crippen molar-refractivity contribution in [2.75, 3.05) is 12.3 Å². The second-order valence-electron chi connectivity index (χ2n) is 5.21. The average molecular weight is 312 g/mol. The van der Waals surface area contributed by atoms with E-state index in [2.05, 4.69) is 11.8 Å². The van der Waals surface area contributed by atoms with Crippen molar-refractivity contribution < 1.29 is 4.79 Å². The highest BCUT2D eigenvalue weighted by Gasteiger charge is 2.23. The second kappa shape index (κ2) is 7.94. The third-order valence-electron chi connectivity index (χ3n) is 3.85. The summed E-state index contributed by atoms with van der Waals surface area (Å²) in [5, 5.41) is 0.734. The predicted octanol–water partition coefficient (Wildman–Crippen LogP) is 4.61. The molecule has 2 rings (SSSR count). The summed E-state index contributed by atoms with van der Waals surface area (Å²) in [5.74, 6) is 0.783. The van der Waals surface area contributed by atoms with Gasteiger partial charge in [-0.2, -0.15) is 0 Å². The number of carbonyl (C=O) groups is 1. The Kier molecular flexibility index (Phi) is 6.24. The summed E-state index contributed by atoms with van der Waals surface area (Å²) in [5.41, 5.74) is 0. The highest BCUT2D eigenvalue weighted by Crippen LogP contribution is 2.25. The highest BCUT2D eigenvalue weighted by atomic mass is 35.5. The molecule has 1 fully saturated rings. The van der Waals surface area contributed by atoms with Crippen LogP contribution >= 0.6 is 23.4 Å². The lowest BCUT2D eigenvalue weighted by Crippen LogP contribution is -2.42. The second-order valence-corrected chi connectivity index (χ2v) is 6.70. The minimum absolute atomic E-state index is 0.263. The Hall–Kier alpha value is -0.670. The summed E-state index contributed by atoms with van der Waals surface area (Å²) in [6.45, 7) is 2.91. The standard InChI is InChI=1S/C16H22ClNOS/c1-2-18(14-6-4-3-5-7-14)16(19)12-20-15-10-8-13(17)9-11-15/h8-11,14H,2-7,12H2,1H3. The molecule has 0 N–H and O–H groups in total. The van der Waals surface area contributed by atoms with Crippen LogP contribution in [0.4, 0.5) is 0 Å². The number of hydrogen-bond acceptors (Lipinski definition) is 2. The van der Waals surface area contributed by atoms with Gasteiger partial charge in [-0.25, -0.2) is 0 Å². The molecule has 0 bridgehead atoms. The van der Waals surface area contributed by atoms with Crippen LogP contribution < -0.4 is 0 Å². The van der Waals surface area contributed by atoms with Crippen molar-refractivity contribution in [2.45, 2.75) is 50.0 Å². The lowest BCUT2D eigenvalue weighted by Gasteiger charge is -2.33. The van der Waals surface area contributed by atoms with Gasteiger partial charge in [-0.15, -0.1) is 11.8 Å². The molecule has 1 aliphatic carbocycles. The Labute approximate surface area is 130 Å². The summed E-state index contributed by atoms with van der Waals surface area (Å²) < 4.78 is 0. The molecule has 0 aliphatic heterocycles. The number of halogens is 1. The predicted molar refractivity (Wildman–Crippen MR) is 86.4 cm³/mol. The molecular weight excluding hydrogens is 290 g/mol. The van der Waals surface area contributed by atoms with Crippen LogP contribution in [0, 0.1) is 0 Å². The molecule has 1 amide bonds. The monoisotopic (exact) mass is 311 g/mol. The van der Waals surface area contributed by atoms with Gasteiger partial charge in [0.05, 0.1) is 5.75 Å². The Morgan fingerprint density at radius 2 is 1.90 bits per heavy atom. The van der Waals surface area contributed by atoms with Crippen molar-refractivity contribution in [3.8, 4) is 0 Å². The van der Waals surface area contributed by atoms with Crippen LogP contribution in [0.5, 0.6) is 0 Å². The summed E-state index contributed by atoms with van der Waals surface area (Å²) in [4.78, 5) is 15.6. The molecule has 0 aromatic heterocycles. The maximum absolute atomic E-state index is 12.4. The van der Waals surface area contributed by atoms with Crippen molar-refractivity contribution in [2.24, 2.45) is 0 Å². The van der Waals surface area contributed by atoms with E-state index in [1.165, 1.54) is 32.1 Å². The fraction of sp³-hybridized carbons (Fsp3) is 0.562. The zero-order valence-corrected chi connectivity index (χ0v) is 13.6. The molecule has 1 aromatic rings. The largest absolute Gasteiger partial charge is 0.339 e. The van der Waals surface area contributed by atoms with Gasteiger partial charge >= 0.3 is 0 Å². The van der Waals surface area contributed by atoms with Gasteiger partial charge in [-0.05, 0) is 44.0 Å². The summed E-state index contributed by atoms with van der Waals surface area (Å²) in [7, 11) is 0. The lowest BCUT2D eigenvalue weighted by atomic mass is 9.94. The maximum atomic E-state index is 12.4. The summed E-state index contributed by atoms with van der Waals surface area (Å²) in [6, 6.07) is 8.14. The quantitative estimate of drug-likeness (QED) is 0.740. The van der Waals surface area contributed by atoms with E-state index in [1.807, 2.05) is 24.3 Å². The van der Waals surface area contributed by atoms with Gasteiger partial charge in [-0.1, -0.05) is 30.9 Å². The fourth-order valence-electron chi connectivity index (χ4n) is 2.79. The van der Waals surface area contributed by atoms with Crippen LogP contribution in [0.3, 0.4) is 0 Å². The topological polar surface area (TPSA) is 20.3 Å². The molecule has 0 spiro atoms. The number of amides is 1. The van der Waals surface area contributed by atoms with Crippen LogP contribution in [0.15, 0.2) is 29.2 Å². The molecule has 1 saturated carbocycles. The van der Waals surface area contributed by atoms with Crippen molar-refractivity contribution in [1.82, 2.24) is 4.90 Å². The molecule has 0 radical (unpaired) electrons. The molecule has 1 aromatic carbocycles. The van der Waals surface area contributed by atoms with E-state index in [4.69, 9.17) is 11.6 Å². The minimum atomic E-state index is 0.263. The van der Waals surface area contributed by atoms with Crippen molar-refractivity contribution in [3.05, 3.63) is 29.3 Å². The van der Waals surface area contributed by atoms with Gasteiger partial charge < -0.3 is 4.90 Å². The first-order chi connectivity index (χ1) is 9.70. The van der Waals surface area contributed by atoms with Crippen LogP contribution in [0.25, 0.3) is 0 Å². The van der Waals surface area contributed by atoms with E-state index in [-0.39, 0.29) is 5.91 Å². The first kappa shape index (κ1) is 15.7. The first-order valence-electron chi connectivity index (χ1n) is 7.38. The summed E-state index contributed by atoms with van der Waals surface area (Å²) in [6.07, 6.45) is 6.19. The number of carbonyl (C=O) groups excluding carboxylic acids is 1. The van der Waals surface area contributed by atoms with Crippen LogP contribution in [-0.4, -0.2) is 29.1 Å². The molecule has 0 heterocycles. The van der Waals surface area contributed by atoms with E-state index < -0.39 is 0 Å². The number of hydrogen-bond donors (Lipinski definition) is 0. The Morgan fingerprint density at radius 1 is 1.25 bits per heavy atom. The summed E-state index contributed by atoms with van der Waals surface area (Å²) >= 11 is 7.46. The van der Waals surface area contributed by atoms with E-state index >= 15 is 0 Å². The van der Waals surface area contributed by atoms with Crippen LogP contribution in [-0.2, 0) is 4.79 Å². The molecule has 4 heteroatoms. The SMILES string of the molecule is CCN(C(=O)CSc1ccc(Cl)cc1)C1CCCCC1. The van der Waals surface area contributed by atoms with Gasteiger partial charge in [0, 0.05) is 22.5 Å². The fourth-order valence-corrected chi connectivity index (χ4v) is 3.70. The van der Waals surface area contributed by atoms with Gasteiger partial charge in [0.25, 0.3) is 0 Å². The first-order valence-corrected chi connectivity index (χ1v) is 8.75. The zero-order chi connectivity index (χ0) is 14.4. The van der Waals surface area contributed by atoms with Crippen molar-refractivity contribution >= 4 is 29.3 Å². The maximum Gasteiger partial charge on any atom is 0.233 e. The smallest absolute Gasteiger partial charge is 0.233 e. The molecule has 2 nitrogen and oxygen atoms in total. The number of thioether (sulfide) groups is 1. The van der Waals surface area contributed by atoms with E-state index in [0.717, 1.165) is 16.5 Å². The van der Waals surface area contributed by atoms with Crippen LogP contribution in [0.2, 0.25) is 5.02 Å². The van der Waals surface area contributed by atoms with E-state index in [0.29, 0.717) is 11.8 Å². The van der Waals surface area contributed by atoms with Gasteiger partial charge in [0.15, 0.2) is 0 Å². The molecule has 110 valence electrons.